The molecule has 0 bridgehead atoms. The maximum absolute atomic E-state index is 6.47. The molecule has 0 saturated heterocycles. The fourth-order valence-electron chi connectivity index (χ4n) is 14.8. The molecule has 734 valence electrons. The lowest BCUT2D eigenvalue weighted by atomic mass is 10.0. The van der Waals surface area contributed by atoms with Gasteiger partial charge in [-0.15, -0.1) is 0 Å². The fraction of sp³-hybridized carbons (Fsp3) is 0.351. The third-order valence-electron chi connectivity index (χ3n) is 22.1. The molecule has 0 aliphatic carbocycles. The molecule has 0 radical (unpaired) electrons. The van der Waals surface area contributed by atoms with Crippen molar-refractivity contribution in [1.82, 2.24) is 0 Å². The van der Waals surface area contributed by atoms with Crippen molar-refractivity contribution in [2.24, 2.45) is 0 Å². The van der Waals surface area contributed by atoms with Gasteiger partial charge in [0.15, 0.2) is 57.5 Å². The van der Waals surface area contributed by atoms with Crippen LogP contribution in [0.2, 0.25) is 0 Å². The number of rotatable bonds is 18. The monoisotopic (exact) mass is 1900 g/mol. The summed E-state index contributed by atoms with van der Waals surface area (Å²) in [6.07, 6.45) is 37.1. The summed E-state index contributed by atoms with van der Waals surface area (Å²) in [5, 5.41) is 0. The highest BCUT2D eigenvalue weighted by atomic mass is 16.6. The predicted octanol–water partition coefficient (Wildman–Crippen LogP) is 19.4. The summed E-state index contributed by atoms with van der Waals surface area (Å²) in [6, 6.07) is 53.6. The van der Waals surface area contributed by atoms with Crippen LogP contribution in [-0.4, -0.2) is 264 Å². The van der Waals surface area contributed by atoms with Gasteiger partial charge in [0.25, 0.3) is 0 Å². The number of hydrogen-bond donors (Lipinski definition) is 0. The van der Waals surface area contributed by atoms with E-state index in [-0.39, 0.29) is 0 Å². The summed E-state index contributed by atoms with van der Waals surface area (Å²) in [5.74, 6) is 5.94. The van der Waals surface area contributed by atoms with Crippen molar-refractivity contribution in [1.29, 1.82) is 0 Å². The molecule has 9 aromatic carbocycles. The second-order valence-electron chi connectivity index (χ2n) is 32.1. The standard InChI is InChI=1S/C114H128O25/c1-3-95-77-105-107(132-69-59-122-49-39-115-37-47-120-57-67-130-105)79-97(95)29-21-87-5-9-89(10-6-87)23-31-99-81-109-111(136-73-63-126-53-43-117-41-51-124-61-71-134-109)83-101(99)33-25-91-13-17-93(18-14-91)27-35-103-85-113-114(139-76-66-129-56-46-119-45-55-128-65-75-138-113)86-104(103)36-28-94-19-15-92(16-20-94)26-34-102-84-112-110(135-72-62-125-52-42-118-44-54-127-64-74-137-112)82-100(102)32-24-90-11-7-88(8-12-90)22-30-98-80-108-106(78-96(98)4-2)131-68-58-121-48-38-116-40-50-123-60-70-133-108/h3-36,77-86H,1-2,37-76H2/b29-21+,30-22+,31-23+,32-24+,33-25+,34-26+,35-27-,36-28+. The van der Waals surface area contributed by atoms with Crippen molar-refractivity contribution in [3.8, 4) is 57.5 Å². The second-order valence-corrected chi connectivity index (χ2v) is 32.1. The van der Waals surface area contributed by atoms with Crippen molar-refractivity contribution < 1.29 is 118 Å². The van der Waals surface area contributed by atoms with Crippen molar-refractivity contribution in [3.05, 3.63) is 271 Å². The van der Waals surface area contributed by atoms with Gasteiger partial charge < -0.3 is 118 Å². The van der Waals surface area contributed by atoms with Crippen molar-refractivity contribution in [2.45, 2.75) is 0 Å². The first-order valence-corrected chi connectivity index (χ1v) is 47.8. The first-order chi connectivity index (χ1) is 68.9. The third-order valence-corrected chi connectivity index (χ3v) is 22.1. The highest BCUT2D eigenvalue weighted by molar-refractivity contribution is 5.87. The molecule has 0 amide bonds. The minimum absolute atomic E-state index is 0.299. The van der Waals surface area contributed by atoms with Gasteiger partial charge in [0.2, 0.25) is 0 Å². The maximum Gasteiger partial charge on any atom is 0.161 e. The number of hydrogen-bond acceptors (Lipinski definition) is 25. The van der Waals surface area contributed by atoms with Gasteiger partial charge >= 0.3 is 0 Å². The molecule has 0 N–H and O–H groups in total. The van der Waals surface area contributed by atoms with E-state index in [1.54, 1.807) is 0 Å². The smallest absolute Gasteiger partial charge is 0.161 e. The molecular formula is C114H128O25. The number of ether oxygens (including phenoxy) is 25. The van der Waals surface area contributed by atoms with Crippen LogP contribution in [0.5, 0.6) is 57.5 Å². The molecule has 5 aliphatic heterocycles. The number of benzene rings is 9. The molecule has 0 saturated carbocycles. The first-order valence-electron chi connectivity index (χ1n) is 47.8. The Labute approximate surface area is 816 Å². The lowest BCUT2D eigenvalue weighted by Gasteiger charge is -2.16. The van der Waals surface area contributed by atoms with Crippen LogP contribution in [0.3, 0.4) is 0 Å². The van der Waals surface area contributed by atoms with Gasteiger partial charge in [-0.05, 0) is 161 Å². The molecule has 25 heteroatoms. The average molecular weight is 1900 g/mol. The third kappa shape index (κ3) is 35.9. The Balaban J connectivity index is 0.700. The topological polar surface area (TPSA) is 231 Å². The van der Waals surface area contributed by atoms with E-state index in [9.17, 15) is 0 Å². The van der Waals surface area contributed by atoms with Crippen LogP contribution in [0.1, 0.15) is 100 Å². The summed E-state index contributed by atoms with van der Waals surface area (Å²) < 4.78 is 150. The van der Waals surface area contributed by atoms with Crippen molar-refractivity contribution >= 4 is 109 Å². The first kappa shape index (κ1) is 103. The van der Waals surface area contributed by atoms with Gasteiger partial charge in [0.05, 0.1) is 198 Å². The van der Waals surface area contributed by atoms with Crippen LogP contribution in [-0.2, 0) is 71.1 Å². The van der Waals surface area contributed by atoms with E-state index < -0.39 is 0 Å². The molecule has 0 unspecified atom stereocenters. The molecule has 5 heterocycles. The van der Waals surface area contributed by atoms with E-state index in [0.717, 1.165) is 100 Å². The lowest BCUT2D eigenvalue weighted by molar-refractivity contribution is 0.00708. The predicted molar refractivity (Wildman–Crippen MR) is 547 cm³/mol. The summed E-state index contributed by atoms with van der Waals surface area (Å²) in [4.78, 5) is 0. The van der Waals surface area contributed by atoms with Crippen LogP contribution in [0.15, 0.2) is 171 Å². The lowest BCUT2D eigenvalue weighted by Crippen LogP contribution is -2.13. The summed E-state index contributed by atoms with van der Waals surface area (Å²) in [6.45, 7) is 24.6. The van der Waals surface area contributed by atoms with E-state index >= 15 is 0 Å². The van der Waals surface area contributed by atoms with Crippen LogP contribution in [0, 0.1) is 0 Å². The highest BCUT2D eigenvalue weighted by Crippen LogP contribution is 2.40. The Morgan fingerprint density at radius 1 is 0.122 bits per heavy atom. The second kappa shape index (κ2) is 59.9. The number of fused-ring (bicyclic) bond motifs is 5. The Morgan fingerprint density at radius 3 is 0.324 bits per heavy atom. The molecule has 14 rings (SSSR count). The normalized spacial score (nSPS) is 17.8. The molecule has 9 aromatic rings. The van der Waals surface area contributed by atoms with E-state index in [2.05, 4.69) is 207 Å². The van der Waals surface area contributed by atoms with Crippen LogP contribution in [0.25, 0.3) is 109 Å². The van der Waals surface area contributed by atoms with Crippen LogP contribution in [0.4, 0.5) is 0 Å². The molecule has 139 heavy (non-hydrogen) atoms. The molecule has 0 aromatic heterocycles. The Hall–Kier alpha value is -12.2. The molecule has 0 fully saturated rings. The summed E-state index contributed by atoms with van der Waals surface area (Å²) in [5.41, 5.74) is 17.0. The van der Waals surface area contributed by atoms with Crippen LogP contribution >= 0.6 is 0 Å². The highest BCUT2D eigenvalue weighted by Gasteiger charge is 2.20. The van der Waals surface area contributed by atoms with E-state index in [1.165, 1.54) is 0 Å². The van der Waals surface area contributed by atoms with Gasteiger partial charge in [-0.1, -0.05) is 220 Å². The molecule has 25 nitrogen and oxygen atoms in total. The van der Waals surface area contributed by atoms with Crippen LogP contribution < -0.4 is 47.4 Å². The van der Waals surface area contributed by atoms with E-state index in [1.807, 2.05) is 72.8 Å². The molecule has 0 spiro atoms. The zero-order chi connectivity index (χ0) is 95.2. The van der Waals surface area contributed by atoms with E-state index in [0.29, 0.717) is 322 Å². The van der Waals surface area contributed by atoms with Gasteiger partial charge in [0, 0.05) is 0 Å². The zero-order valence-electron chi connectivity index (χ0n) is 79.3. The Bertz CT molecular complexity index is 5150. The summed E-state index contributed by atoms with van der Waals surface area (Å²) in [7, 11) is 0. The van der Waals surface area contributed by atoms with Crippen molar-refractivity contribution in [2.75, 3.05) is 264 Å². The summed E-state index contributed by atoms with van der Waals surface area (Å²) >= 11 is 0. The molecular weight excluding hydrogens is 1770 g/mol. The van der Waals surface area contributed by atoms with E-state index in [4.69, 9.17) is 118 Å². The molecule has 5 aliphatic rings. The minimum atomic E-state index is 0.299. The van der Waals surface area contributed by atoms with Gasteiger partial charge in [-0.3, -0.25) is 0 Å². The van der Waals surface area contributed by atoms with Gasteiger partial charge in [-0.2, -0.15) is 0 Å². The largest absolute Gasteiger partial charge is 0.487 e. The quantitative estimate of drug-likeness (QED) is 0.0727. The minimum Gasteiger partial charge on any atom is -0.487 e. The molecule has 0 atom stereocenters. The Morgan fingerprint density at radius 2 is 0.216 bits per heavy atom. The van der Waals surface area contributed by atoms with Crippen molar-refractivity contribution in [3.63, 3.8) is 0 Å². The SMILES string of the molecule is C=Cc1cc2c(cc1/C=C/c1ccc(/C=C/c3cc4c(cc3/C=C/c3ccc(/C=C\c5cc6c(cc5/C=C/c5ccc(/C=C/c7cc8c(cc7/C=C/c7ccc(/C=C/c9cc%10c(cc9C=C)OCCOCCOCCOCCO%10)cc7)OCCOCCOCCOCCO8)cc5)OCCOCCOCCOCCO6)cc3)OCCOCCOCCOCCO4)cc1)OCCOCCOCCOCCO2. The zero-order valence-corrected chi connectivity index (χ0v) is 79.3. The fourth-order valence-corrected chi connectivity index (χ4v) is 14.8. The Kier molecular flexibility index (Phi) is 44.3. The maximum atomic E-state index is 6.47. The van der Waals surface area contributed by atoms with Gasteiger partial charge in [0.1, 0.15) is 66.1 Å². The average Bonchev–Trinajstić information content (AvgIpc) is 0.690. The van der Waals surface area contributed by atoms with Gasteiger partial charge in [-0.25, -0.2) is 0 Å².